The second kappa shape index (κ2) is 5.11. The van der Waals surface area contributed by atoms with E-state index in [0.29, 0.717) is 0 Å². The van der Waals surface area contributed by atoms with Crippen molar-refractivity contribution in [3.63, 3.8) is 0 Å². The van der Waals surface area contributed by atoms with E-state index in [2.05, 4.69) is 6.07 Å². The Labute approximate surface area is 102 Å². The van der Waals surface area contributed by atoms with Crippen molar-refractivity contribution in [2.75, 3.05) is 0 Å². The fourth-order valence-corrected chi connectivity index (χ4v) is 3.22. The van der Waals surface area contributed by atoms with E-state index in [9.17, 15) is 4.79 Å². The number of rotatable bonds is 3. The number of carbonyl (C=O) groups excluding carboxylic acids is 1. The molecule has 0 saturated carbocycles. The fraction of sp³-hybridized carbons (Fsp3) is 0.0714. The van der Waals surface area contributed by atoms with Gasteiger partial charge in [0.25, 0.3) is 0 Å². The van der Waals surface area contributed by atoms with Gasteiger partial charge >= 0.3 is 102 Å². The molecule has 16 heavy (non-hydrogen) atoms. The van der Waals surface area contributed by atoms with Crippen LogP contribution in [0.15, 0.2) is 54.6 Å². The van der Waals surface area contributed by atoms with Gasteiger partial charge < -0.3 is 0 Å². The van der Waals surface area contributed by atoms with E-state index in [1.165, 1.54) is 5.56 Å². The second-order valence-electron chi connectivity index (χ2n) is 3.57. The number of carbonyl (C=O) groups is 1. The summed E-state index contributed by atoms with van der Waals surface area (Å²) in [5.74, 6) is 0. The monoisotopic (exact) mass is 276 g/mol. The zero-order valence-electron chi connectivity index (χ0n) is 9.01. The van der Waals surface area contributed by atoms with Gasteiger partial charge in [-0.1, -0.05) is 0 Å². The van der Waals surface area contributed by atoms with Crippen molar-refractivity contribution in [3.8, 4) is 0 Å². The van der Waals surface area contributed by atoms with E-state index >= 15 is 0 Å². The summed E-state index contributed by atoms with van der Waals surface area (Å²) < 4.78 is 1.38. The van der Waals surface area contributed by atoms with Gasteiger partial charge in [-0.2, -0.15) is 0 Å². The van der Waals surface area contributed by atoms with Crippen molar-refractivity contribution in [3.05, 3.63) is 65.7 Å². The van der Waals surface area contributed by atoms with Crippen molar-refractivity contribution in [2.24, 2.45) is 0 Å². The van der Waals surface area contributed by atoms with Gasteiger partial charge in [-0.3, -0.25) is 0 Å². The van der Waals surface area contributed by atoms with E-state index in [1.807, 2.05) is 55.5 Å². The van der Waals surface area contributed by atoms with Crippen molar-refractivity contribution in [2.45, 2.75) is 6.92 Å². The Kier molecular flexibility index (Phi) is 3.55. The van der Waals surface area contributed by atoms with Gasteiger partial charge in [-0.25, -0.2) is 0 Å². The summed E-state index contributed by atoms with van der Waals surface area (Å²) in [6, 6.07) is 17.6. The Morgan fingerprint density at radius 3 is 2.44 bits per heavy atom. The fourth-order valence-electron chi connectivity index (χ4n) is 1.42. The number of aryl methyl sites for hydroxylation is 1. The molecule has 0 amide bonds. The predicted octanol–water partition coefficient (Wildman–Crippen LogP) is 2.16. The summed E-state index contributed by atoms with van der Waals surface area (Å²) in [4.78, 5) is 12.0. The van der Waals surface area contributed by atoms with E-state index < -0.39 is 0 Å². The molecule has 2 rings (SSSR count). The SMILES string of the molecule is Cc1cccc([Se]C(=O)c2ccccc2)c1. The summed E-state index contributed by atoms with van der Waals surface area (Å²) >= 11 is -0.118. The van der Waals surface area contributed by atoms with Gasteiger partial charge in [0.2, 0.25) is 0 Å². The molecule has 0 fully saturated rings. The van der Waals surface area contributed by atoms with Gasteiger partial charge in [-0.05, 0) is 0 Å². The summed E-state index contributed by atoms with van der Waals surface area (Å²) in [6.45, 7) is 2.05. The quantitative estimate of drug-likeness (QED) is 0.785. The molecule has 2 heteroatoms. The van der Waals surface area contributed by atoms with Crippen LogP contribution >= 0.6 is 0 Å². The van der Waals surface area contributed by atoms with Crippen LogP contribution in [0.5, 0.6) is 0 Å². The van der Waals surface area contributed by atoms with Gasteiger partial charge in [0.15, 0.2) is 0 Å². The van der Waals surface area contributed by atoms with Crippen LogP contribution in [-0.4, -0.2) is 19.6 Å². The molecule has 1 nitrogen and oxygen atoms in total. The molecule has 0 aromatic heterocycles. The molecule has 0 N–H and O–H groups in total. The minimum atomic E-state index is -0.118. The normalized spacial score (nSPS) is 10.1. The average Bonchev–Trinajstić information content (AvgIpc) is 2.30. The Morgan fingerprint density at radius 1 is 1.00 bits per heavy atom. The zero-order chi connectivity index (χ0) is 11.4. The van der Waals surface area contributed by atoms with Crippen molar-refractivity contribution < 1.29 is 4.79 Å². The maximum absolute atomic E-state index is 12.0. The van der Waals surface area contributed by atoms with Crippen LogP contribution in [0.3, 0.4) is 0 Å². The standard InChI is InChI=1S/C14H12OSe/c1-11-6-5-9-13(10-11)16-14(15)12-7-3-2-4-8-12/h2-10H,1H3. The molecule has 0 atom stereocenters. The van der Waals surface area contributed by atoms with Crippen LogP contribution in [0.4, 0.5) is 0 Å². The minimum absolute atomic E-state index is 0.118. The van der Waals surface area contributed by atoms with Gasteiger partial charge in [0.05, 0.1) is 0 Å². The topological polar surface area (TPSA) is 17.1 Å². The third kappa shape index (κ3) is 2.82. The molecule has 0 unspecified atom stereocenters. The Bertz CT molecular complexity index is 491. The zero-order valence-corrected chi connectivity index (χ0v) is 10.7. The number of hydrogen-bond acceptors (Lipinski definition) is 1. The third-order valence-electron chi connectivity index (χ3n) is 2.21. The summed E-state index contributed by atoms with van der Waals surface area (Å²) in [6.07, 6.45) is 0. The molecule has 0 aliphatic carbocycles. The van der Waals surface area contributed by atoms with Crippen LogP contribution in [0.25, 0.3) is 0 Å². The van der Waals surface area contributed by atoms with Gasteiger partial charge in [-0.15, -0.1) is 0 Å². The van der Waals surface area contributed by atoms with E-state index in [4.69, 9.17) is 0 Å². The van der Waals surface area contributed by atoms with Crippen LogP contribution in [0, 0.1) is 6.92 Å². The van der Waals surface area contributed by atoms with Gasteiger partial charge in [0.1, 0.15) is 0 Å². The van der Waals surface area contributed by atoms with Crippen molar-refractivity contribution in [1.29, 1.82) is 0 Å². The number of benzene rings is 2. The van der Waals surface area contributed by atoms with Crippen LogP contribution in [0.2, 0.25) is 0 Å². The first-order valence-electron chi connectivity index (χ1n) is 5.09. The van der Waals surface area contributed by atoms with Gasteiger partial charge in [0, 0.05) is 0 Å². The van der Waals surface area contributed by atoms with Crippen LogP contribution in [0.1, 0.15) is 15.9 Å². The van der Waals surface area contributed by atoms with E-state index in [0.717, 1.165) is 10.0 Å². The molecule has 2 aromatic carbocycles. The van der Waals surface area contributed by atoms with E-state index in [1.54, 1.807) is 0 Å². The molecule has 80 valence electrons. The first kappa shape index (κ1) is 11.1. The maximum atomic E-state index is 12.0. The Hall–Kier alpha value is -1.37. The molecule has 0 spiro atoms. The van der Waals surface area contributed by atoms with E-state index in [-0.39, 0.29) is 19.6 Å². The molecule has 0 heterocycles. The summed E-state index contributed by atoms with van der Waals surface area (Å²) in [5, 5.41) is 0. The predicted molar refractivity (Wildman–Crippen MR) is 67.3 cm³/mol. The molecular formula is C14H12OSe. The first-order valence-corrected chi connectivity index (χ1v) is 6.81. The molecule has 2 aromatic rings. The van der Waals surface area contributed by atoms with Crippen LogP contribution < -0.4 is 4.46 Å². The van der Waals surface area contributed by atoms with Crippen LogP contribution in [-0.2, 0) is 0 Å². The van der Waals surface area contributed by atoms with Crippen molar-refractivity contribution >= 4 is 24.1 Å². The molecule has 0 radical (unpaired) electrons. The molecule has 0 aliphatic rings. The molecule has 0 bridgehead atoms. The first-order chi connectivity index (χ1) is 7.75. The molecular weight excluding hydrogens is 263 g/mol. The average molecular weight is 275 g/mol. The molecule has 0 aliphatic heterocycles. The summed E-state index contributed by atoms with van der Waals surface area (Å²) in [7, 11) is 0. The third-order valence-corrected chi connectivity index (χ3v) is 4.12. The second-order valence-corrected chi connectivity index (χ2v) is 5.77. The Morgan fingerprint density at radius 2 is 1.75 bits per heavy atom. The number of hydrogen-bond donors (Lipinski definition) is 0. The van der Waals surface area contributed by atoms with Crippen molar-refractivity contribution in [1.82, 2.24) is 0 Å². The summed E-state index contributed by atoms with van der Waals surface area (Å²) in [5.41, 5.74) is 2.02. The Balaban J connectivity index is 2.14. The molecule has 0 saturated heterocycles.